The summed E-state index contributed by atoms with van der Waals surface area (Å²) >= 11 is 0. The Balaban J connectivity index is 2.33. The molecule has 1 fully saturated rings. The molecule has 0 aromatic rings. The topological polar surface area (TPSA) is 96.9 Å². The minimum atomic E-state index is -1.13. The molecular formula is C11H20N2O5. The van der Waals surface area contributed by atoms with Crippen LogP contribution in [0.15, 0.2) is 0 Å². The average molecular weight is 260 g/mol. The van der Waals surface area contributed by atoms with Crippen LogP contribution in [0.1, 0.15) is 19.8 Å². The summed E-state index contributed by atoms with van der Waals surface area (Å²) in [6.07, 6.45) is 1.86. The fourth-order valence-electron chi connectivity index (χ4n) is 1.79. The summed E-state index contributed by atoms with van der Waals surface area (Å²) < 4.78 is 10.2. The lowest BCUT2D eigenvalue weighted by molar-refractivity contribution is -0.140. The van der Waals surface area contributed by atoms with Gasteiger partial charge in [0.05, 0.1) is 12.2 Å². The van der Waals surface area contributed by atoms with Crippen molar-refractivity contribution in [2.75, 3.05) is 26.9 Å². The number of ether oxygens (including phenoxy) is 2. The maximum absolute atomic E-state index is 11.5. The first-order valence-corrected chi connectivity index (χ1v) is 5.87. The Labute approximate surface area is 106 Å². The number of rotatable bonds is 6. The molecule has 7 nitrogen and oxygen atoms in total. The maximum Gasteiger partial charge on any atom is 0.328 e. The van der Waals surface area contributed by atoms with E-state index in [9.17, 15) is 9.59 Å². The van der Waals surface area contributed by atoms with E-state index in [-0.39, 0.29) is 12.2 Å². The van der Waals surface area contributed by atoms with Crippen LogP contribution in [0, 0.1) is 0 Å². The average Bonchev–Trinajstić information content (AvgIpc) is 2.73. The molecule has 0 saturated carbocycles. The van der Waals surface area contributed by atoms with Crippen LogP contribution in [0.4, 0.5) is 4.79 Å². The molecule has 0 aromatic carbocycles. The van der Waals surface area contributed by atoms with Crippen LogP contribution in [0.2, 0.25) is 0 Å². The van der Waals surface area contributed by atoms with E-state index < -0.39 is 18.0 Å². The van der Waals surface area contributed by atoms with E-state index in [0.717, 1.165) is 12.8 Å². The minimum Gasteiger partial charge on any atom is -0.480 e. The van der Waals surface area contributed by atoms with Gasteiger partial charge in [0.2, 0.25) is 0 Å². The summed E-state index contributed by atoms with van der Waals surface area (Å²) in [5, 5.41) is 13.8. The molecule has 104 valence electrons. The molecule has 1 saturated heterocycles. The van der Waals surface area contributed by atoms with Crippen molar-refractivity contribution in [3.63, 3.8) is 0 Å². The van der Waals surface area contributed by atoms with Gasteiger partial charge in [-0.3, -0.25) is 0 Å². The summed E-state index contributed by atoms with van der Waals surface area (Å²) in [4.78, 5) is 22.3. The van der Waals surface area contributed by atoms with E-state index in [0.29, 0.717) is 13.2 Å². The number of aliphatic carboxylic acids is 1. The number of nitrogens with one attached hydrogen (secondary N) is 2. The third-order valence-electron chi connectivity index (χ3n) is 2.86. The van der Waals surface area contributed by atoms with Gasteiger partial charge >= 0.3 is 12.0 Å². The van der Waals surface area contributed by atoms with Gasteiger partial charge in [0.15, 0.2) is 6.04 Å². The van der Waals surface area contributed by atoms with Gasteiger partial charge < -0.3 is 25.2 Å². The second-order valence-electron chi connectivity index (χ2n) is 4.58. The quantitative estimate of drug-likeness (QED) is 0.622. The van der Waals surface area contributed by atoms with Crippen molar-refractivity contribution in [1.82, 2.24) is 10.6 Å². The van der Waals surface area contributed by atoms with Gasteiger partial charge in [-0.05, 0) is 19.8 Å². The van der Waals surface area contributed by atoms with Crippen LogP contribution >= 0.6 is 0 Å². The van der Waals surface area contributed by atoms with Gasteiger partial charge in [0, 0.05) is 20.3 Å². The van der Waals surface area contributed by atoms with Crippen molar-refractivity contribution >= 4 is 12.0 Å². The zero-order valence-electron chi connectivity index (χ0n) is 10.7. The maximum atomic E-state index is 11.5. The van der Waals surface area contributed by atoms with Gasteiger partial charge in [0.1, 0.15) is 0 Å². The van der Waals surface area contributed by atoms with Crippen molar-refractivity contribution in [3.8, 4) is 0 Å². The summed E-state index contributed by atoms with van der Waals surface area (Å²) in [5.74, 6) is -1.13. The smallest absolute Gasteiger partial charge is 0.328 e. The van der Waals surface area contributed by atoms with Crippen molar-refractivity contribution in [1.29, 1.82) is 0 Å². The molecule has 2 unspecified atom stereocenters. The van der Waals surface area contributed by atoms with Gasteiger partial charge in [-0.15, -0.1) is 0 Å². The van der Waals surface area contributed by atoms with Gasteiger partial charge in [-0.1, -0.05) is 0 Å². The highest BCUT2D eigenvalue weighted by atomic mass is 16.5. The molecule has 0 spiro atoms. The summed E-state index contributed by atoms with van der Waals surface area (Å²) in [6, 6.07) is -1.58. The second-order valence-corrected chi connectivity index (χ2v) is 4.58. The predicted octanol–water partition coefficient (Wildman–Crippen LogP) is -0.0457. The van der Waals surface area contributed by atoms with E-state index in [2.05, 4.69) is 10.6 Å². The number of amides is 2. The van der Waals surface area contributed by atoms with E-state index in [1.54, 1.807) is 0 Å². The lowest BCUT2D eigenvalue weighted by Crippen LogP contribution is -2.51. The molecular weight excluding hydrogens is 240 g/mol. The third-order valence-corrected chi connectivity index (χ3v) is 2.86. The molecule has 1 aliphatic heterocycles. The van der Waals surface area contributed by atoms with E-state index in [1.165, 1.54) is 7.11 Å². The van der Waals surface area contributed by atoms with Crippen LogP contribution in [0.5, 0.6) is 0 Å². The summed E-state index contributed by atoms with van der Waals surface area (Å²) in [7, 11) is 1.38. The standard InChI is InChI=1S/C11H20N2O5/c1-11(4-3-5-18-11)7-12-10(16)13-8(6-17-2)9(14)15/h8H,3-7H2,1-2H3,(H,14,15)(H2,12,13,16). The number of urea groups is 1. The Bertz CT molecular complexity index is 302. The van der Waals surface area contributed by atoms with Gasteiger partial charge in [0.25, 0.3) is 0 Å². The number of methoxy groups -OCH3 is 1. The fourth-order valence-corrected chi connectivity index (χ4v) is 1.79. The third kappa shape index (κ3) is 4.50. The SMILES string of the molecule is COCC(NC(=O)NCC1(C)CCCO1)C(=O)O. The molecule has 3 N–H and O–H groups in total. The fraction of sp³-hybridized carbons (Fsp3) is 0.818. The summed E-state index contributed by atoms with van der Waals surface area (Å²) in [5.41, 5.74) is -0.350. The Morgan fingerprint density at radius 1 is 1.56 bits per heavy atom. The number of hydrogen-bond donors (Lipinski definition) is 3. The molecule has 2 atom stereocenters. The highest BCUT2D eigenvalue weighted by Crippen LogP contribution is 2.23. The largest absolute Gasteiger partial charge is 0.480 e. The highest BCUT2D eigenvalue weighted by molar-refractivity contribution is 5.82. The number of carboxylic acids is 1. The Kier molecular flexibility index (Phi) is 5.36. The Morgan fingerprint density at radius 3 is 2.78 bits per heavy atom. The second kappa shape index (κ2) is 6.55. The molecule has 1 heterocycles. The number of hydrogen-bond acceptors (Lipinski definition) is 4. The predicted molar refractivity (Wildman–Crippen MR) is 63.4 cm³/mol. The number of carboxylic acid groups (broad SMARTS) is 1. The van der Waals surface area contributed by atoms with Crippen molar-refractivity contribution < 1.29 is 24.2 Å². The number of carbonyl (C=O) groups is 2. The van der Waals surface area contributed by atoms with Crippen LogP contribution in [0.3, 0.4) is 0 Å². The van der Waals surface area contributed by atoms with Crippen LogP contribution < -0.4 is 10.6 Å². The van der Waals surface area contributed by atoms with E-state index >= 15 is 0 Å². The summed E-state index contributed by atoms with van der Waals surface area (Å²) in [6.45, 7) is 2.90. The first-order valence-electron chi connectivity index (χ1n) is 5.87. The Hall–Kier alpha value is -1.34. The van der Waals surface area contributed by atoms with Crippen LogP contribution in [-0.2, 0) is 14.3 Å². The molecule has 0 aliphatic carbocycles. The van der Waals surface area contributed by atoms with Crippen LogP contribution in [0.25, 0.3) is 0 Å². The number of carbonyl (C=O) groups excluding carboxylic acids is 1. The molecule has 1 aliphatic rings. The van der Waals surface area contributed by atoms with Crippen molar-refractivity contribution in [3.05, 3.63) is 0 Å². The van der Waals surface area contributed by atoms with Crippen LogP contribution in [-0.4, -0.2) is 55.6 Å². The van der Waals surface area contributed by atoms with Crippen molar-refractivity contribution in [2.45, 2.75) is 31.4 Å². The molecule has 0 aromatic heterocycles. The zero-order valence-corrected chi connectivity index (χ0v) is 10.7. The van der Waals surface area contributed by atoms with Gasteiger partial charge in [-0.2, -0.15) is 0 Å². The zero-order chi connectivity index (χ0) is 13.6. The monoisotopic (exact) mass is 260 g/mol. The lowest BCUT2D eigenvalue weighted by atomic mass is 10.0. The molecule has 7 heteroatoms. The van der Waals surface area contributed by atoms with E-state index in [4.69, 9.17) is 14.6 Å². The molecule has 0 radical (unpaired) electrons. The Morgan fingerprint density at radius 2 is 2.28 bits per heavy atom. The highest BCUT2D eigenvalue weighted by Gasteiger charge is 2.30. The normalized spacial score (nSPS) is 24.6. The van der Waals surface area contributed by atoms with Crippen molar-refractivity contribution in [2.24, 2.45) is 0 Å². The van der Waals surface area contributed by atoms with E-state index in [1.807, 2.05) is 6.92 Å². The minimum absolute atomic E-state index is 0.0729. The molecule has 0 bridgehead atoms. The lowest BCUT2D eigenvalue weighted by Gasteiger charge is -2.24. The molecule has 2 amide bonds. The first kappa shape index (κ1) is 14.7. The van der Waals surface area contributed by atoms with Gasteiger partial charge in [-0.25, -0.2) is 9.59 Å². The molecule has 18 heavy (non-hydrogen) atoms. The first-order chi connectivity index (χ1) is 8.47. The molecule has 1 rings (SSSR count).